The summed E-state index contributed by atoms with van der Waals surface area (Å²) in [7, 11) is 1.79. The molecule has 0 N–H and O–H groups in total. The summed E-state index contributed by atoms with van der Waals surface area (Å²) in [6.07, 6.45) is 7.58. The summed E-state index contributed by atoms with van der Waals surface area (Å²) in [5, 5.41) is 0. The van der Waals surface area contributed by atoms with E-state index in [-0.39, 0.29) is 5.41 Å². The molecule has 0 aromatic carbocycles. The van der Waals surface area contributed by atoms with Crippen molar-refractivity contribution >= 4 is 12.4 Å². The van der Waals surface area contributed by atoms with E-state index in [0.29, 0.717) is 0 Å². The third kappa shape index (κ3) is 5.31. The van der Waals surface area contributed by atoms with Crippen molar-refractivity contribution in [3.05, 3.63) is 23.4 Å². The number of hydrogen-bond acceptors (Lipinski definition) is 2. The first-order valence-electron chi connectivity index (χ1n) is 5.22. The Balaban J connectivity index is 5.10. The van der Waals surface area contributed by atoms with Gasteiger partial charge in [0.25, 0.3) is 0 Å². The first-order chi connectivity index (χ1) is 6.93. The highest BCUT2D eigenvalue weighted by atomic mass is 14.7. The zero-order valence-electron chi connectivity index (χ0n) is 10.7. The third-order valence-corrected chi connectivity index (χ3v) is 2.00. The molecule has 0 amide bonds. The third-order valence-electron chi connectivity index (χ3n) is 2.00. The second-order valence-electron chi connectivity index (χ2n) is 4.44. The van der Waals surface area contributed by atoms with Crippen LogP contribution in [0.3, 0.4) is 0 Å². The summed E-state index contributed by atoms with van der Waals surface area (Å²) < 4.78 is 0. The van der Waals surface area contributed by atoms with Crippen molar-refractivity contribution in [2.24, 2.45) is 15.4 Å². The Morgan fingerprint density at radius 3 is 2.20 bits per heavy atom. The molecule has 0 rings (SSSR count). The van der Waals surface area contributed by atoms with Crippen molar-refractivity contribution in [2.75, 3.05) is 7.05 Å². The molecule has 0 bridgehead atoms. The fraction of sp³-hybridized carbons (Fsp3) is 0.538. The van der Waals surface area contributed by atoms with Gasteiger partial charge in [0.2, 0.25) is 0 Å². The molecule has 0 atom stereocenters. The van der Waals surface area contributed by atoms with E-state index in [1.54, 1.807) is 7.05 Å². The molecule has 0 radical (unpaired) electrons. The summed E-state index contributed by atoms with van der Waals surface area (Å²) in [6, 6.07) is 0. The zero-order chi connectivity index (χ0) is 11.9. The molecule has 0 unspecified atom stereocenters. The molecule has 0 heterocycles. The minimum absolute atomic E-state index is 0.0802. The SMILES string of the molecule is C\C=C/C=N\C(C)=C(\C=N/C)C(C)(C)C. The standard InChI is InChI=1S/C13H22N2/c1-7-8-9-15-11(2)12(10-14-6)13(3,4)5/h7-10H,1-6H3/b8-7-,12-11-,14-10-,15-9-. The van der Waals surface area contributed by atoms with Gasteiger partial charge in [0.05, 0.1) is 0 Å². The van der Waals surface area contributed by atoms with Gasteiger partial charge in [-0.2, -0.15) is 0 Å². The summed E-state index contributed by atoms with van der Waals surface area (Å²) in [4.78, 5) is 8.45. The molecule has 0 saturated carbocycles. The number of allylic oxidation sites excluding steroid dienone is 4. The number of rotatable bonds is 3. The molecule has 0 saturated heterocycles. The Bertz CT molecular complexity index is 299. The molecule has 0 aliphatic heterocycles. The van der Waals surface area contributed by atoms with Gasteiger partial charge in [-0.05, 0) is 30.9 Å². The highest BCUT2D eigenvalue weighted by molar-refractivity contribution is 5.82. The molecule has 0 aliphatic carbocycles. The van der Waals surface area contributed by atoms with Crippen LogP contribution in [0.2, 0.25) is 0 Å². The lowest BCUT2D eigenvalue weighted by Gasteiger charge is -2.20. The van der Waals surface area contributed by atoms with E-state index >= 15 is 0 Å². The molecule has 0 fully saturated rings. The molecule has 2 heteroatoms. The molecule has 2 nitrogen and oxygen atoms in total. The zero-order valence-corrected chi connectivity index (χ0v) is 10.7. The molecule has 84 valence electrons. The molecular weight excluding hydrogens is 184 g/mol. The van der Waals surface area contributed by atoms with E-state index < -0.39 is 0 Å². The van der Waals surface area contributed by atoms with E-state index in [2.05, 4.69) is 30.8 Å². The van der Waals surface area contributed by atoms with Gasteiger partial charge in [-0.3, -0.25) is 9.98 Å². The topological polar surface area (TPSA) is 24.7 Å². The van der Waals surface area contributed by atoms with Crippen LogP contribution in [0, 0.1) is 5.41 Å². The fourth-order valence-electron chi connectivity index (χ4n) is 1.27. The van der Waals surface area contributed by atoms with Crippen LogP contribution in [-0.4, -0.2) is 19.5 Å². The predicted octanol–water partition coefficient (Wildman–Crippen LogP) is 3.65. The lowest BCUT2D eigenvalue weighted by Crippen LogP contribution is -2.12. The average molecular weight is 206 g/mol. The Morgan fingerprint density at radius 2 is 1.80 bits per heavy atom. The summed E-state index contributed by atoms with van der Waals surface area (Å²) in [5.74, 6) is 0. The molecule has 0 aliphatic rings. The first-order valence-corrected chi connectivity index (χ1v) is 5.22. The highest BCUT2D eigenvalue weighted by Gasteiger charge is 2.17. The Hall–Kier alpha value is -1.18. The van der Waals surface area contributed by atoms with Crippen molar-refractivity contribution in [3.8, 4) is 0 Å². The van der Waals surface area contributed by atoms with Gasteiger partial charge < -0.3 is 0 Å². The lowest BCUT2D eigenvalue weighted by molar-refractivity contribution is 0.521. The van der Waals surface area contributed by atoms with Gasteiger partial charge in [-0.1, -0.05) is 26.8 Å². The van der Waals surface area contributed by atoms with Crippen LogP contribution in [0.15, 0.2) is 33.4 Å². The molecular formula is C13H22N2. The van der Waals surface area contributed by atoms with Crippen LogP contribution in [-0.2, 0) is 0 Å². The maximum absolute atomic E-state index is 4.38. The van der Waals surface area contributed by atoms with Crippen LogP contribution in [0.25, 0.3) is 0 Å². The Morgan fingerprint density at radius 1 is 1.20 bits per heavy atom. The van der Waals surface area contributed by atoms with E-state index in [1.165, 1.54) is 5.57 Å². The van der Waals surface area contributed by atoms with Gasteiger partial charge in [-0.25, -0.2) is 0 Å². The quantitative estimate of drug-likeness (QED) is 0.630. The van der Waals surface area contributed by atoms with E-state index in [4.69, 9.17) is 0 Å². The summed E-state index contributed by atoms with van der Waals surface area (Å²) >= 11 is 0. The molecule has 0 aromatic heterocycles. The largest absolute Gasteiger partial charge is 0.296 e. The van der Waals surface area contributed by atoms with E-state index in [1.807, 2.05) is 38.4 Å². The van der Waals surface area contributed by atoms with E-state index in [0.717, 1.165) is 5.70 Å². The normalized spacial score (nSPS) is 15.6. The number of aliphatic imine (C=N–C) groups is 2. The maximum atomic E-state index is 4.38. The fourth-order valence-corrected chi connectivity index (χ4v) is 1.27. The second-order valence-corrected chi connectivity index (χ2v) is 4.44. The van der Waals surface area contributed by atoms with Crippen LogP contribution >= 0.6 is 0 Å². The Kier molecular flexibility index (Phi) is 5.83. The van der Waals surface area contributed by atoms with Crippen LogP contribution in [0.5, 0.6) is 0 Å². The molecule has 0 spiro atoms. The minimum Gasteiger partial charge on any atom is -0.296 e. The molecule has 15 heavy (non-hydrogen) atoms. The predicted molar refractivity (Wildman–Crippen MR) is 69.9 cm³/mol. The second kappa shape index (κ2) is 6.33. The average Bonchev–Trinajstić information content (AvgIpc) is 2.12. The smallest absolute Gasteiger partial charge is 0.0425 e. The monoisotopic (exact) mass is 206 g/mol. The van der Waals surface area contributed by atoms with Crippen molar-refractivity contribution in [1.82, 2.24) is 0 Å². The number of nitrogens with zero attached hydrogens (tertiary/aromatic N) is 2. The van der Waals surface area contributed by atoms with Crippen LogP contribution < -0.4 is 0 Å². The first kappa shape index (κ1) is 13.8. The van der Waals surface area contributed by atoms with Crippen molar-refractivity contribution in [3.63, 3.8) is 0 Å². The summed E-state index contributed by atoms with van der Waals surface area (Å²) in [5.41, 5.74) is 2.27. The van der Waals surface area contributed by atoms with Gasteiger partial charge in [0, 0.05) is 25.2 Å². The van der Waals surface area contributed by atoms with Crippen molar-refractivity contribution < 1.29 is 0 Å². The minimum atomic E-state index is 0.0802. The highest BCUT2D eigenvalue weighted by Crippen LogP contribution is 2.26. The van der Waals surface area contributed by atoms with Crippen molar-refractivity contribution in [2.45, 2.75) is 34.6 Å². The van der Waals surface area contributed by atoms with Crippen LogP contribution in [0.4, 0.5) is 0 Å². The van der Waals surface area contributed by atoms with Gasteiger partial charge in [-0.15, -0.1) is 0 Å². The maximum Gasteiger partial charge on any atom is 0.0425 e. The number of hydrogen-bond donors (Lipinski definition) is 0. The van der Waals surface area contributed by atoms with E-state index in [9.17, 15) is 0 Å². The van der Waals surface area contributed by atoms with Gasteiger partial charge in [0.1, 0.15) is 0 Å². The lowest BCUT2D eigenvalue weighted by atomic mass is 9.86. The van der Waals surface area contributed by atoms with Crippen molar-refractivity contribution in [1.29, 1.82) is 0 Å². The van der Waals surface area contributed by atoms with Gasteiger partial charge >= 0.3 is 0 Å². The summed E-state index contributed by atoms with van der Waals surface area (Å²) in [6.45, 7) is 10.5. The molecule has 0 aromatic rings. The Labute approximate surface area is 93.5 Å². The van der Waals surface area contributed by atoms with Crippen LogP contribution in [0.1, 0.15) is 34.6 Å². The van der Waals surface area contributed by atoms with Gasteiger partial charge in [0.15, 0.2) is 0 Å².